The Balaban J connectivity index is 2.11. The zero-order valence-electron chi connectivity index (χ0n) is 12.3. The molecule has 1 aromatic heterocycles. The molecule has 0 saturated heterocycles. The van der Waals surface area contributed by atoms with E-state index >= 15 is 0 Å². The smallest absolute Gasteiger partial charge is 0.133 e. The minimum Gasteiger partial charge on any atom is -0.373 e. The molecule has 0 aliphatic rings. The van der Waals surface area contributed by atoms with Gasteiger partial charge in [-0.25, -0.2) is 9.97 Å². The van der Waals surface area contributed by atoms with Gasteiger partial charge in [0.25, 0.3) is 0 Å². The third-order valence-corrected chi connectivity index (χ3v) is 3.03. The van der Waals surface area contributed by atoms with Gasteiger partial charge in [-0.1, -0.05) is 19.1 Å². The van der Waals surface area contributed by atoms with Gasteiger partial charge in [0.05, 0.1) is 11.6 Å². The van der Waals surface area contributed by atoms with E-state index in [0.29, 0.717) is 12.1 Å². The molecule has 0 aliphatic carbocycles. The quantitative estimate of drug-likeness (QED) is 0.851. The van der Waals surface area contributed by atoms with E-state index in [1.807, 2.05) is 31.3 Å². The van der Waals surface area contributed by atoms with Crippen molar-refractivity contribution in [3.05, 3.63) is 47.3 Å². The Morgan fingerprint density at radius 1 is 1.19 bits per heavy atom. The highest BCUT2D eigenvalue weighted by atomic mass is 15.1. The highest BCUT2D eigenvalue weighted by Crippen LogP contribution is 2.13. The molecule has 2 aromatic rings. The van der Waals surface area contributed by atoms with Gasteiger partial charge >= 0.3 is 0 Å². The van der Waals surface area contributed by atoms with Crippen LogP contribution in [0.15, 0.2) is 30.3 Å². The van der Waals surface area contributed by atoms with Crippen LogP contribution in [0.3, 0.4) is 0 Å². The number of nitriles is 1. The average Bonchev–Trinajstić information content (AvgIpc) is 2.53. The first-order valence-electron chi connectivity index (χ1n) is 7.03. The first kappa shape index (κ1) is 14.8. The fraction of sp³-hybridized carbons (Fsp3) is 0.312. The van der Waals surface area contributed by atoms with Gasteiger partial charge in [0.2, 0.25) is 0 Å². The van der Waals surface area contributed by atoms with Crippen LogP contribution in [-0.2, 0) is 13.0 Å². The van der Waals surface area contributed by atoms with Crippen LogP contribution < -0.4 is 10.6 Å². The third kappa shape index (κ3) is 4.18. The van der Waals surface area contributed by atoms with Crippen molar-refractivity contribution in [2.75, 3.05) is 17.7 Å². The molecule has 0 bridgehead atoms. The summed E-state index contributed by atoms with van der Waals surface area (Å²) in [5.74, 6) is 2.43. The second-order valence-electron chi connectivity index (χ2n) is 4.72. The number of nitrogens with zero attached hydrogens (tertiary/aromatic N) is 3. The number of hydrogen-bond donors (Lipinski definition) is 2. The summed E-state index contributed by atoms with van der Waals surface area (Å²) in [5.41, 5.74) is 1.72. The van der Waals surface area contributed by atoms with Crippen LogP contribution >= 0.6 is 0 Å². The molecule has 0 saturated carbocycles. The Labute approximate surface area is 125 Å². The van der Waals surface area contributed by atoms with E-state index in [9.17, 15) is 0 Å². The monoisotopic (exact) mass is 281 g/mol. The highest BCUT2D eigenvalue weighted by molar-refractivity contribution is 5.47. The lowest BCUT2D eigenvalue weighted by Crippen LogP contribution is -2.06. The lowest BCUT2D eigenvalue weighted by molar-refractivity contribution is 0.835. The van der Waals surface area contributed by atoms with Crippen molar-refractivity contribution in [2.45, 2.75) is 26.3 Å². The van der Waals surface area contributed by atoms with Crippen LogP contribution in [0.1, 0.15) is 30.3 Å². The summed E-state index contributed by atoms with van der Waals surface area (Å²) in [5, 5.41) is 15.2. The molecule has 2 rings (SSSR count). The van der Waals surface area contributed by atoms with Gasteiger partial charge < -0.3 is 10.6 Å². The molecule has 0 atom stereocenters. The van der Waals surface area contributed by atoms with Gasteiger partial charge in [0.15, 0.2) is 0 Å². The van der Waals surface area contributed by atoms with Crippen molar-refractivity contribution < 1.29 is 0 Å². The van der Waals surface area contributed by atoms with Crippen LogP contribution in [0.5, 0.6) is 0 Å². The number of hydrogen-bond acceptors (Lipinski definition) is 5. The van der Waals surface area contributed by atoms with Crippen molar-refractivity contribution in [2.24, 2.45) is 0 Å². The van der Waals surface area contributed by atoms with Crippen molar-refractivity contribution in [3.8, 4) is 6.07 Å². The first-order chi connectivity index (χ1) is 10.2. The Kier molecular flexibility index (Phi) is 5.10. The Bertz CT molecular complexity index is 645. The minimum absolute atomic E-state index is 0.626. The van der Waals surface area contributed by atoms with Crippen molar-refractivity contribution in [1.29, 1.82) is 5.26 Å². The van der Waals surface area contributed by atoms with E-state index in [0.717, 1.165) is 35.9 Å². The molecule has 108 valence electrons. The first-order valence-corrected chi connectivity index (χ1v) is 7.03. The molecule has 0 radical (unpaired) electrons. The van der Waals surface area contributed by atoms with Gasteiger partial charge in [0, 0.05) is 26.1 Å². The van der Waals surface area contributed by atoms with Gasteiger partial charge in [-0.15, -0.1) is 0 Å². The van der Waals surface area contributed by atoms with Crippen LogP contribution in [-0.4, -0.2) is 17.0 Å². The summed E-state index contributed by atoms with van der Waals surface area (Å²) in [7, 11) is 1.85. The van der Waals surface area contributed by atoms with Crippen molar-refractivity contribution >= 4 is 11.6 Å². The van der Waals surface area contributed by atoms with E-state index in [1.54, 1.807) is 6.07 Å². The predicted molar refractivity (Wildman–Crippen MR) is 84.1 cm³/mol. The summed E-state index contributed by atoms with van der Waals surface area (Å²) in [4.78, 5) is 8.92. The molecule has 21 heavy (non-hydrogen) atoms. The maximum absolute atomic E-state index is 8.91. The molecular weight excluding hydrogens is 262 g/mol. The SMILES string of the molecule is CCCc1nc(NC)cc(NCc2cccc(C#N)c2)n1. The van der Waals surface area contributed by atoms with Crippen LogP contribution in [0.2, 0.25) is 0 Å². The molecule has 5 heteroatoms. The summed E-state index contributed by atoms with van der Waals surface area (Å²) in [6, 6.07) is 11.6. The van der Waals surface area contributed by atoms with Crippen molar-refractivity contribution in [1.82, 2.24) is 9.97 Å². The van der Waals surface area contributed by atoms with E-state index in [-0.39, 0.29) is 0 Å². The summed E-state index contributed by atoms with van der Waals surface area (Å²) in [6.45, 7) is 2.73. The lowest BCUT2D eigenvalue weighted by atomic mass is 10.1. The molecule has 1 aromatic carbocycles. The van der Waals surface area contributed by atoms with E-state index in [4.69, 9.17) is 5.26 Å². The maximum Gasteiger partial charge on any atom is 0.133 e. The summed E-state index contributed by atoms with van der Waals surface area (Å²) < 4.78 is 0. The standard InChI is InChI=1S/C16H19N5/c1-3-5-14-20-15(18-2)9-16(21-14)19-11-13-7-4-6-12(8-13)10-17/h4,6-9H,3,5,11H2,1-2H3,(H2,18,19,20,21). The molecule has 0 amide bonds. The summed E-state index contributed by atoms with van der Waals surface area (Å²) >= 11 is 0. The highest BCUT2D eigenvalue weighted by Gasteiger charge is 2.03. The molecule has 0 unspecified atom stereocenters. The normalized spacial score (nSPS) is 9.95. The van der Waals surface area contributed by atoms with Gasteiger partial charge in [-0.2, -0.15) is 5.26 Å². The average molecular weight is 281 g/mol. The van der Waals surface area contributed by atoms with Crippen LogP contribution in [0.25, 0.3) is 0 Å². The molecular formula is C16H19N5. The molecule has 5 nitrogen and oxygen atoms in total. The second kappa shape index (κ2) is 7.25. The van der Waals surface area contributed by atoms with Crippen molar-refractivity contribution in [3.63, 3.8) is 0 Å². The largest absolute Gasteiger partial charge is 0.373 e. The van der Waals surface area contributed by atoms with Gasteiger partial charge in [-0.05, 0) is 24.1 Å². The van der Waals surface area contributed by atoms with Gasteiger partial charge in [0.1, 0.15) is 17.5 Å². The molecule has 1 heterocycles. The fourth-order valence-electron chi connectivity index (χ4n) is 1.99. The lowest BCUT2D eigenvalue weighted by Gasteiger charge is -2.10. The van der Waals surface area contributed by atoms with Gasteiger partial charge in [-0.3, -0.25) is 0 Å². The zero-order chi connectivity index (χ0) is 15.1. The molecule has 2 N–H and O–H groups in total. The van der Waals surface area contributed by atoms with E-state index in [1.165, 1.54) is 0 Å². The van der Waals surface area contributed by atoms with E-state index in [2.05, 4.69) is 33.6 Å². The topological polar surface area (TPSA) is 73.6 Å². The number of anilines is 2. The van der Waals surface area contributed by atoms with E-state index < -0.39 is 0 Å². The molecule has 0 aliphatic heterocycles. The Morgan fingerprint density at radius 2 is 2.00 bits per heavy atom. The minimum atomic E-state index is 0.626. The summed E-state index contributed by atoms with van der Waals surface area (Å²) in [6.07, 6.45) is 1.87. The molecule has 0 spiro atoms. The number of rotatable bonds is 6. The number of benzene rings is 1. The van der Waals surface area contributed by atoms with Crippen LogP contribution in [0, 0.1) is 11.3 Å². The second-order valence-corrected chi connectivity index (χ2v) is 4.72. The zero-order valence-corrected chi connectivity index (χ0v) is 12.3. The molecule has 0 fully saturated rings. The Hall–Kier alpha value is -2.61. The predicted octanol–water partition coefficient (Wildman–Crippen LogP) is 2.95. The number of aromatic nitrogens is 2. The number of nitrogens with one attached hydrogen (secondary N) is 2. The van der Waals surface area contributed by atoms with Crippen LogP contribution in [0.4, 0.5) is 11.6 Å². The fourth-order valence-corrected chi connectivity index (χ4v) is 1.99. The third-order valence-electron chi connectivity index (χ3n) is 3.03. The number of aryl methyl sites for hydroxylation is 1. The Morgan fingerprint density at radius 3 is 2.71 bits per heavy atom. The maximum atomic E-state index is 8.91.